The van der Waals surface area contributed by atoms with Gasteiger partial charge in [-0.25, -0.2) is 0 Å². The molecule has 23 heavy (non-hydrogen) atoms. The highest BCUT2D eigenvalue weighted by molar-refractivity contribution is 6.35. The van der Waals surface area contributed by atoms with E-state index in [4.69, 9.17) is 16.0 Å². The molecule has 0 bridgehead atoms. The smallest absolute Gasteiger partial charge is 0.135 e. The van der Waals surface area contributed by atoms with Gasteiger partial charge in [-0.3, -0.25) is 0 Å². The summed E-state index contributed by atoms with van der Waals surface area (Å²) in [4.78, 5) is 2.20. The minimum Gasteiger partial charge on any atom is -0.463 e. The Morgan fingerprint density at radius 1 is 0.696 bits per heavy atom. The highest BCUT2D eigenvalue weighted by atomic mass is 35.5. The summed E-state index contributed by atoms with van der Waals surface area (Å²) in [5.41, 5.74) is 4.02. The summed E-state index contributed by atoms with van der Waals surface area (Å²) in [7, 11) is 0. The number of halogens is 1. The van der Waals surface area contributed by atoms with Crippen LogP contribution >= 0.6 is 11.6 Å². The predicted molar refractivity (Wildman–Crippen MR) is 95.9 cm³/mol. The van der Waals surface area contributed by atoms with Crippen LogP contribution in [0, 0.1) is 0 Å². The monoisotopic (exact) mass is 319 g/mol. The first-order chi connectivity index (χ1) is 11.3. The van der Waals surface area contributed by atoms with Crippen molar-refractivity contribution in [3.05, 3.63) is 90.1 Å². The highest BCUT2D eigenvalue weighted by Gasteiger charge is 2.13. The van der Waals surface area contributed by atoms with Crippen molar-refractivity contribution < 1.29 is 4.42 Å². The molecule has 0 saturated carbocycles. The minimum atomic E-state index is 0.628. The molecule has 0 aliphatic rings. The SMILES string of the molecule is Clc1coc2ccc(N(c3ccccc3)c3ccccc3)cc12. The second-order valence-corrected chi connectivity index (χ2v) is 5.68. The van der Waals surface area contributed by atoms with E-state index in [2.05, 4.69) is 35.2 Å². The van der Waals surface area contributed by atoms with E-state index in [1.807, 2.05) is 48.5 Å². The molecular formula is C20H14ClNO. The zero-order chi connectivity index (χ0) is 15.6. The van der Waals surface area contributed by atoms with Crippen molar-refractivity contribution in [3.63, 3.8) is 0 Å². The quantitative estimate of drug-likeness (QED) is 0.425. The molecule has 0 aliphatic carbocycles. The van der Waals surface area contributed by atoms with Gasteiger partial charge in [-0.1, -0.05) is 48.0 Å². The molecule has 3 aromatic carbocycles. The molecule has 0 amide bonds. The third-order valence-corrected chi connectivity index (χ3v) is 4.09. The van der Waals surface area contributed by atoms with Crippen LogP contribution in [0.5, 0.6) is 0 Å². The summed E-state index contributed by atoms with van der Waals surface area (Å²) in [6.07, 6.45) is 1.57. The molecule has 2 nitrogen and oxygen atoms in total. The van der Waals surface area contributed by atoms with Crippen molar-refractivity contribution in [2.75, 3.05) is 4.90 Å². The van der Waals surface area contributed by atoms with Crippen molar-refractivity contribution in [2.45, 2.75) is 0 Å². The first-order valence-electron chi connectivity index (χ1n) is 7.40. The summed E-state index contributed by atoms with van der Waals surface area (Å²) >= 11 is 6.23. The number of hydrogen-bond acceptors (Lipinski definition) is 2. The molecule has 0 spiro atoms. The maximum Gasteiger partial charge on any atom is 0.135 e. The van der Waals surface area contributed by atoms with E-state index in [0.717, 1.165) is 28.0 Å². The standard InChI is InChI=1S/C20H14ClNO/c21-19-14-23-20-12-11-17(13-18(19)20)22(15-7-3-1-4-8-15)16-9-5-2-6-10-16/h1-14H. The van der Waals surface area contributed by atoms with E-state index < -0.39 is 0 Å². The number of para-hydroxylation sites is 2. The van der Waals surface area contributed by atoms with Crippen LogP contribution < -0.4 is 4.90 Å². The van der Waals surface area contributed by atoms with E-state index >= 15 is 0 Å². The van der Waals surface area contributed by atoms with E-state index in [-0.39, 0.29) is 0 Å². The van der Waals surface area contributed by atoms with Crippen molar-refractivity contribution in [3.8, 4) is 0 Å². The van der Waals surface area contributed by atoms with Crippen LogP contribution in [-0.2, 0) is 0 Å². The largest absolute Gasteiger partial charge is 0.463 e. The molecule has 0 N–H and O–H groups in total. The zero-order valence-corrected chi connectivity index (χ0v) is 13.1. The molecule has 0 saturated heterocycles. The van der Waals surface area contributed by atoms with Gasteiger partial charge in [0.05, 0.1) is 5.02 Å². The van der Waals surface area contributed by atoms with Crippen molar-refractivity contribution in [2.24, 2.45) is 0 Å². The molecular weight excluding hydrogens is 306 g/mol. The predicted octanol–water partition coefficient (Wildman–Crippen LogP) is 6.56. The maximum absolute atomic E-state index is 6.23. The Bertz CT molecular complexity index is 892. The Morgan fingerprint density at radius 3 is 1.91 bits per heavy atom. The Hall–Kier alpha value is -2.71. The molecule has 3 heteroatoms. The molecule has 0 radical (unpaired) electrons. The van der Waals surface area contributed by atoms with Crippen LogP contribution in [0.25, 0.3) is 11.0 Å². The van der Waals surface area contributed by atoms with Gasteiger partial charge in [-0.2, -0.15) is 0 Å². The van der Waals surface area contributed by atoms with Gasteiger partial charge in [0.2, 0.25) is 0 Å². The zero-order valence-electron chi connectivity index (χ0n) is 12.3. The number of nitrogens with zero attached hydrogens (tertiary/aromatic N) is 1. The fourth-order valence-corrected chi connectivity index (χ4v) is 2.92. The Balaban J connectivity index is 1.91. The molecule has 1 aromatic heterocycles. The first kappa shape index (κ1) is 13.9. The van der Waals surface area contributed by atoms with Crippen LogP contribution in [0.4, 0.5) is 17.1 Å². The lowest BCUT2D eigenvalue weighted by Crippen LogP contribution is -2.09. The second kappa shape index (κ2) is 5.82. The summed E-state index contributed by atoms with van der Waals surface area (Å²) in [6.45, 7) is 0. The van der Waals surface area contributed by atoms with Gasteiger partial charge in [-0.05, 0) is 42.5 Å². The average molecular weight is 320 g/mol. The van der Waals surface area contributed by atoms with Gasteiger partial charge in [0.25, 0.3) is 0 Å². The summed E-state index contributed by atoms with van der Waals surface area (Å²) in [6, 6.07) is 26.6. The first-order valence-corrected chi connectivity index (χ1v) is 7.78. The Kier molecular flexibility index (Phi) is 3.52. The van der Waals surface area contributed by atoms with E-state index in [0.29, 0.717) is 5.02 Å². The third-order valence-electron chi connectivity index (χ3n) is 3.80. The molecule has 0 atom stereocenters. The fourth-order valence-electron chi connectivity index (χ4n) is 2.73. The number of fused-ring (bicyclic) bond motifs is 1. The molecule has 0 aliphatic heterocycles. The van der Waals surface area contributed by atoms with Crippen LogP contribution in [0.2, 0.25) is 5.02 Å². The molecule has 0 fully saturated rings. The maximum atomic E-state index is 6.23. The van der Waals surface area contributed by atoms with Gasteiger partial charge in [0.15, 0.2) is 0 Å². The van der Waals surface area contributed by atoms with Crippen molar-refractivity contribution in [1.29, 1.82) is 0 Å². The Labute approximate surface area is 139 Å². The second-order valence-electron chi connectivity index (χ2n) is 5.27. The lowest BCUT2D eigenvalue weighted by atomic mass is 10.1. The minimum absolute atomic E-state index is 0.628. The molecule has 0 unspecified atom stereocenters. The van der Waals surface area contributed by atoms with Gasteiger partial charge < -0.3 is 9.32 Å². The highest BCUT2D eigenvalue weighted by Crippen LogP contribution is 2.37. The van der Waals surface area contributed by atoms with Gasteiger partial charge in [0.1, 0.15) is 11.8 Å². The Morgan fingerprint density at radius 2 is 1.30 bits per heavy atom. The molecule has 4 aromatic rings. The van der Waals surface area contributed by atoms with Gasteiger partial charge >= 0.3 is 0 Å². The van der Waals surface area contributed by atoms with Crippen molar-refractivity contribution >= 4 is 39.6 Å². The van der Waals surface area contributed by atoms with Crippen LogP contribution in [0.1, 0.15) is 0 Å². The van der Waals surface area contributed by atoms with Gasteiger partial charge in [-0.15, -0.1) is 0 Å². The number of rotatable bonds is 3. The van der Waals surface area contributed by atoms with Crippen molar-refractivity contribution in [1.82, 2.24) is 0 Å². The molecule has 4 rings (SSSR count). The molecule has 112 valence electrons. The van der Waals surface area contributed by atoms with Gasteiger partial charge in [0, 0.05) is 22.4 Å². The van der Waals surface area contributed by atoms with Crippen LogP contribution in [0.15, 0.2) is 89.5 Å². The normalized spacial score (nSPS) is 10.8. The summed E-state index contributed by atoms with van der Waals surface area (Å²) in [5.74, 6) is 0. The molecule has 1 heterocycles. The topological polar surface area (TPSA) is 16.4 Å². The fraction of sp³-hybridized carbons (Fsp3) is 0. The third kappa shape index (κ3) is 2.58. The summed E-state index contributed by atoms with van der Waals surface area (Å²) in [5, 5.41) is 1.55. The van der Waals surface area contributed by atoms with E-state index in [9.17, 15) is 0 Å². The number of furan rings is 1. The number of benzene rings is 3. The lowest BCUT2D eigenvalue weighted by Gasteiger charge is -2.25. The van der Waals surface area contributed by atoms with E-state index in [1.54, 1.807) is 6.26 Å². The average Bonchev–Trinajstić information content (AvgIpc) is 2.98. The van der Waals surface area contributed by atoms with Crippen LogP contribution in [-0.4, -0.2) is 0 Å². The summed E-state index contributed by atoms with van der Waals surface area (Å²) < 4.78 is 5.44. The lowest BCUT2D eigenvalue weighted by molar-refractivity contribution is 0.616. The number of hydrogen-bond donors (Lipinski definition) is 0. The van der Waals surface area contributed by atoms with E-state index in [1.165, 1.54) is 0 Å². The number of anilines is 3. The van der Waals surface area contributed by atoms with Crippen LogP contribution in [0.3, 0.4) is 0 Å².